The molecule has 0 saturated heterocycles. The SMILES string of the molecule is Cc1nc(-c2ccc(NCc3cccc(NC(=O)c4cccc(F)c4)c3)nc2)[nH]c(=O)c1C. The average Bonchev–Trinajstić information content (AvgIpc) is 2.81. The number of carbonyl (C=O) groups is 1. The van der Waals surface area contributed by atoms with E-state index in [1.54, 1.807) is 38.2 Å². The van der Waals surface area contributed by atoms with Crippen molar-refractivity contribution < 1.29 is 9.18 Å². The summed E-state index contributed by atoms with van der Waals surface area (Å²) < 4.78 is 13.4. The molecule has 8 heteroatoms. The van der Waals surface area contributed by atoms with Gasteiger partial charge in [0.15, 0.2) is 0 Å². The fourth-order valence-corrected chi connectivity index (χ4v) is 3.20. The van der Waals surface area contributed by atoms with Crippen molar-refractivity contribution in [3.8, 4) is 11.4 Å². The molecule has 7 nitrogen and oxygen atoms in total. The molecular formula is C25H22FN5O2. The Morgan fingerprint density at radius 2 is 1.88 bits per heavy atom. The molecule has 0 aliphatic carbocycles. The number of carbonyl (C=O) groups excluding carboxylic acids is 1. The van der Waals surface area contributed by atoms with Crippen LogP contribution in [0.4, 0.5) is 15.9 Å². The van der Waals surface area contributed by atoms with Gasteiger partial charge in [-0.2, -0.15) is 0 Å². The Hall–Kier alpha value is -4.33. The van der Waals surface area contributed by atoms with Gasteiger partial charge in [-0.05, 0) is 61.9 Å². The first kappa shape index (κ1) is 21.9. The van der Waals surface area contributed by atoms with Gasteiger partial charge in [0, 0.05) is 40.8 Å². The first-order chi connectivity index (χ1) is 15.9. The predicted octanol–water partition coefficient (Wildman–Crippen LogP) is 4.45. The Balaban J connectivity index is 1.40. The average molecular weight is 443 g/mol. The zero-order valence-corrected chi connectivity index (χ0v) is 18.1. The van der Waals surface area contributed by atoms with E-state index in [2.05, 4.69) is 25.6 Å². The molecule has 1 amide bonds. The molecule has 166 valence electrons. The molecule has 4 aromatic rings. The highest BCUT2D eigenvalue weighted by Crippen LogP contribution is 2.17. The minimum atomic E-state index is -0.459. The van der Waals surface area contributed by atoms with Crippen LogP contribution in [0.3, 0.4) is 0 Å². The van der Waals surface area contributed by atoms with Gasteiger partial charge in [-0.1, -0.05) is 18.2 Å². The van der Waals surface area contributed by atoms with Gasteiger partial charge in [0.2, 0.25) is 0 Å². The van der Waals surface area contributed by atoms with Crippen molar-refractivity contribution in [2.24, 2.45) is 0 Å². The number of aryl methyl sites for hydroxylation is 1. The van der Waals surface area contributed by atoms with Crippen molar-refractivity contribution in [1.29, 1.82) is 0 Å². The molecular weight excluding hydrogens is 421 g/mol. The number of rotatable bonds is 6. The van der Waals surface area contributed by atoms with Crippen LogP contribution in [0.15, 0.2) is 71.7 Å². The number of benzene rings is 2. The molecule has 3 N–H and O–H groups in total. The molecule has 0 aliphatic heterocycles. The fraction of sp³-hybridized carbons (Fsp3) is 0.120. The van der Waals surface area contributed by atoms with Crippen molar-refractivity contribution in [1.82, 2.24) is 15.0 Å². The smallest absolute Gasteiger partial charge is 0.255 e. The quantitative estimate of drug-likeness (QED) is 0.409. The van der Waals surface area contributed by atoms with Crippen molar-refractivity contribution in [2.75, 3.05) is 10.6 Å². The van der Waals surface area contributed by atoms with E-state index >= 15 is 0 Å². The third-order valence-corrected chi connectivity index (χ3v) is 5.18. The number of hydrogen-bond acceptors (Lipinski definition) is 5. The van der Waals surface area contributed by atoms with Crippen molar-refractivity contribution in [3.05, 3.63) is 105 Å². The minimum absolute atomic E-state index is 0.163. The lowest BCUT2D eigenvalue weighted by Crippen LogP contribution is -2.14. The van der Waals surface area contributed by atoms with Crippen LogP contribution in [-0.4, -0.2) is 20.9 Å². The van der Waals surface area contributed by atoms with E-state index in [1.165, 1.54) is 18.2 Å². The highest BCUT2D eigenvalue weighted by molar-refractivity contribution is 6.04. The van der Waals surface area contributed by atoms with Crippen LogP contribution in [0.1, 0.15) is 27.2 Å². The van der Waals surface area contributed by atoms with Crippen LogP contribution >= 0.6 is 0 Å². The van der Waals surface area contributed by atoms with Gasteiger partial charge >= 0.3 is 0 Å². The molecule has 4 rings (SSSR count). The van der Waals surface area contributed by atoms with Crippen molar-refractivity contribution >= 4 is 17.4 Å². The molecule has 2 aromatic heterocycles. The molecule has 2 heterocycles. The van der Waals surface area contributed by atoms with E-state index in [0.717, 1.165) is 5.56 Å². The highest BCUT2D eigenvalue weighted by atomic mass is 19.1. The maximum absolute atomic E-state index is 13.4. The second kappa shape index (κ2) is 9.44. The lowest BCUT2D eigenvalue weighted by molar-refractivity contribution is 0.102. The van der Waals surface area contributed by atoms with Gasteiger partial charge in [0.25, 0.3) is 11.5 Å². The van der Waals surface area contributed by atoms with E-state index in [9.17, 15) is 14.0 Å². The maximum atomic E-state index is 13.4. The van der Waals surface area contributed by atoms with E-state index in [-0.39, 0.29) is 17.0 Å². The standard InChI is InChI=1S/C25H22FN5O2/c1-15-16(2)29-23(31-24(15)32)19-9-10-22(28-14-19)27-13-17-5-3-8-21(11-17)30-25(33)18-6-4-7-20(26)12-18/h3-12,14H,13H2,1-2H3,(H,27,28)(H,30,33)(H,29,31,32). The summed E-state index contributed by atoms with van der Waals surface area (Å²) >= 11 is 0. The molecule has 2 aromatic carbocycles. The largest absolute Gasteiger partial charge is 0.366 e. The summed E-state index contributed by atoms with van der Waals surface area (Å²) in [7, 11) is 0. The summed E-state index contributed by atoms with van der Waals surface area (Å²) in [4.78, 5) is 35.9. The van der Waals surface area contributed by atoms with Crippen LogP contribution in [0.2, 0.25) is 0 Å². The number of aromatic amines is 1. The topological polar surface area (TPSA) is 99.8 Å². The monoisotopic (exact) mass is 443 g/mol. The minimum Gasteiger partial charge on any atom is -0.366 e. The lowest BCUT2D eigenvalue weighted by Gasteiger charge is -2.10. The molecule has 0 spiro atoms. The van der Waals surface area contributed by atoms with Crippen LogP contribution < -0.4 is 16.2 Å². The van der Waals surface area contributed by atoms with E-state index < -0.39 is 5.82 Å². The van der Waals surface area contributed by atoms with E-state index in [1.807, 2.05) is 24.3 Å². The van der Waals surface area contributed by atoms with Gasteiger partial charge in [0.1, 0.15) is 17.5 Å². The Morgan fingerprint density at radius 1 is 1.06 bits per heavy atom. The predicted molar refractivity (Wildman–Crippen MR) is 126 cm³/mol. The lowest BCUT2D eigenvalue weighted by atomic mass is 10.1. The normalized spacial score (nSPS) is 10.6. The van der Waals surface area contributed by atoms with E-state index in [0.29, 0.717) is 40.7 Å². The summed E-state index contributed by atoms with van der Waals surface area (Å²) in [5, 5.41) is 6.00. The van der Waals surface area contributed by atoms with Gasteiger partial charge in [-0.15, -0.1) is 0 Å². The Morgan fingerprint density at radius 3 is 2.61 bits per heavy atom. The number of pyridine rings is 1. The number of H-pyrrole nitrogens is 1. The van der Waals surface area contributed by atoms with Gasteiger partial charge < -0.3 is 15.6 Å². The Labute approximate surface area is 189 Å². The summed E-state index contributed by atoms with van der Waals surface area (Å²) in [6, 6.07) is 16.5. The first-order valence-corrected chi connectivity index (χ1v) is 10.3. The number of aromatic nitrogens is 3. The molecule has 0 aliphatic rings. The van der Waals surface area contributed by atoms with Crippen molar-refractivity contribution in [2.45, 2.75) is 20.4 Å². The fourth-order valence-electron chi connectivity index (χ4n) is 3.20. The highest BCUT2D eigenvalue weighted by Gasteiger charge is 2.08. The maximum Gasteiger partial charge on any atom is 0.255 e. The molecule has 0 unspecified atom stereocenters. The number of nitrogens with one attached hydrogen (secondary N) is 3. The Bertz CT molecular complexity index is 1370. The van der Waals surface area contributed by atoms with Crippen LogP contribution in [0.5, 0.6) is 0 Å². The molecule has 0 fully saturated rings. The summed E-state index contributed by atoms with van der Waals surface area (Å²) in [5.41, 5.74) is 3.61. The van der Waals surface area contributed by atoms with Crippen molar-refractivity contribution in [3.63, 3.8) is 0 Å². The molecule has 0 radical (unpaired) electrons. The summed E-state index contributed by atoms with van der Waals surface area (Å²) in [5.74, 6) is 0.289. The van der Waals surface area contributed by atoms with Crippen LogP contribution in [-0.2, 0) is 6.54 Å². The van der Waals surface area contributed by atoms with E-state index in [4.69, 9.17) is 0 Å². The number of nitrogens with zero attached hydrogens (tertiary/aromatic N) is 2. The van der Waals surface area contributed by atoms with Crippen LogP contribution in [0.25, 0.3) is 11.4 Å². The molecule has 0 atom stereocenters. The van der Waals surface area contributed by atoms with Gasteiger partial charge in [-0.25, -0.2) is 14.4 Å². The third kappa shape index (κ3) is 5.30. The Kier molecular flexibility index (Phi) is 6.26. The second-order valence-corrected chi connectivity index (χ2v) is 7.58. The van der Waals surface area contributed by atoms with Gasteiger partial charge in [0.05, 0.1) is 0 Å². The number of halogens is 1. The summed E-state index contributed by atoms with van der Waals surface area (Å²) in [6.45, 7) is 4.01. The zero-order valence-electron chi connectivity index (χ0n) is 18.1. The first-order valence-electron chi connectivity index (χ1n) is 10.3. The number of amides is 1. The summed E-state index contributed by atoms with van der Waals surface area (Å²) in [6.07, 6.45) is 1.64. The van der Waals surface area contributed by atoms with Gasteiger partial charge in [-0.3, -0.25) is 9.59 Å². The number of anilines is 2. The zero-order chi connectivity index (χ0) is 23.4. The van der Waals surface area contributed by atoms with Crippen LogP contribution in [0, 0.1) is 19.7 Å². The number of hydrogen-bond donors (Lipinski definition) is 3. The molecule has 33 heavy (non-hydrogen) atoms. The molecule has 0 bridgehead atoms. The second-order valence-electron chi connectivity index (χ2n) is 7.58. The third-order valence-electron chi connectivity index (χ3n) is 5.18. The molecule has 0 saturated carbocycles.